The Balaban J connectivity index is 2.52. The summed E-state index contributed by atoms with van der Waals surface area (Å²) in [4.78, 5) is 0. The highest BCUT2D eigenvalue weighted by Gasteiger charge is 2.15. The second-order valence-corrected chi connectivity index (χ2v) is 4.41. The molecule has 80 valence electrons. The summed E-state index contributed by atoms with van der Waals surface area (Å²) in [6, 6.07) is 8.12. The van der Waals surface area contributed by atoms with Gasteiger partial charge in [0.2, 0.25) is 0 Å². The Kier molecular flexibility index (Phi) is 2.53. The molecule has 0 radical (unpaired) electrons. The van der Waals surface area contributed by atoms with Gasteiger partial charge in [0.15, 0.2) is 0 Å². The maximum absolute atomic E-state index is 6.06. The Labute approximate surface area is 90.1 Å². The molecule has 15 heavy (non-hydrogen) atoms. The van der Waals surface area contributed by atoms with Gasteiger partial charge in [0.25, 0.3) is 0 Å². The van der Waals surface area contributed by atoms with E-state index in [-0.39, 0.29) is 6.04 Å². The fraction of sp³-hybridized carbons (Fsp3) is 0.385. The molecule has 0 unspecified atom stereocenters. The highest BCUT2D eigenvalue weighted by atomic mass is 16.3. The van der Waals surface area contributed by atoms with Gasteiger partial charge in [-0.2, -0.15) is 0 Å². The van der Waals surface area contributed by atoms with E-state index in [1.165, 1.54) is 10.9 Å². The molecule has 0 aliphatic carbocycles. The molecule has 0 bridgehead atoms. The number of furan rings is 1. The zero-order valence-corrected chi connectivity index (χ0v) is 9.45. The van der Waals surface area contributed by atoms with Gasteiger partial charge in [0, 0.05) is 5.39 Å². The lowest BCUT2D eigenvalue weighted by molar-refractivity contribution is 0.418. The van der Waals surface area contributed by atoms with Crippen LogP contribution in [0.5, 0.6) is 0 Å². The van der Waals surface area contributed by atoms with Crippen LogP contribution in [0.25, 0.3) is 11.0 Å². The molecule has 1 heterocycles. The first-order valence-corrected chi connectivity index (χ1v) is 5.34. The summed E-state index contributed by atoms with van der Waals surface area (Å²) >= 11 is 0. The van der Waals surface area contributed by atoms with Crippen LogP contribution in [0, 0.1) is 12.8 Å². The lowest BCUT2D eigenvalue weighted by atomic mass is 10.0. The van der Waals surface area contributed by atoms with E-state index in [4.69, 9.17) is 10.2 Å². The molecule has 0 saturated heterocycles. The summed E-state index contributed by atoms with van der Waals surface area (Å²) in [7, 11) is 0. The molecular formula is C13H17NO. The van der Waals surface area contributed by atoms with Crippen LogP contribution < -0.4 is 5.73 Å². The van der Waals surface area contributed by atoms with Crippen LogP contribution in [0.15, 0.2) is 28.7 Å². The standard InChI is InChI=1S/C13H17NO/c1-8(2)13(14)12-7-10-9(3)5-4-6-11(10)15-12/h4-8,13H,14H2,1-3H3/t13-/m1/s1. The van der Waals surface area contributed by atoms with Gasteiger partial charge in [-0.15, -0.1) is 0 Å². The van der Waals surface area contributed by atoms with Gasteiger partial charge < -0.3 is 10.2 Å². The predicted molar refractivity (Wildman–Crippen MR) is 62.7 cm³/mol. The van der Waals surface area contributed by atoms with E-state index in [1.807, 2.05) is 12.1 Å². The summed E-state index contributed by atoms with van der Waals surface area (Å²) in [5.41, 5.74) is 8.22. The minimum absolute atomic E-state index is 0.0169. The third-order valence-electron chi connectivity index (χ3n) is 2.85. The van der Waals surface area contributed by atoms with Gasteiger partial charge >= 0.3 is 0 Å². The van der Waals surface area contributed by atoms with E-state index in [9.17, 15) is 0 Å². The molecule has 1 aromatic heterocycles. The van der Waals surface area contributed by atoms with Gasteiger partial charge in [-0.1, -0.05) is 26.0 Å². The number of aryl methyl sites for hydroxylation is 1. The van der Waals surface area contributed by atoms with Crippen LogP contribution in [0.3, 0.4) is 0 Å². The third-order valence-corrected chi connectivity index (χ3v) is 2.85. The average Bonchev–Trinajstić information content (AvgIpc) is 2.61. The molecule has 0 spiro atoms. The third kappa shape index (κ3) is 1.77. The second-order valence-electron chi connectivity index (χ2n) is 4.41. The first-order chi connectivity index (χ1) is 7.09. The van der Waals surface area contributed by atoms with Crippen molar-refractivity contribution in [2.75, 3.05) is 0 Å². The SMILES string of the molecule is Cc1cccc2oc([C@H](N)C(C)C)cc12. The molecule has 2 nitrogen and oxygen atoms in total. The first kappa shape index (κ1) is 10.2. The van der Waals surface area contributed by atoms with Gasteiger partial charge in [0.1, 0.15) is 11.3 Å². The normalized spacial score (nSPS) is 13.7. The zero-order valence-electron chi connectivity index (χ0n) is 9.45. The van der Waals surface area contributed by atoms with Crippen molar-refractivity contribution in [3.63, 3.8) is 0 Å². The van der Waals surface area contributed by atoms with Crippen molar-refractivity contribution in [1.29, 1.82) is 0 Å². The topological polar surface area (TPSA) is 39.2 Å². The summed E-state index contributed by atoms with van der Waals surface area (Å²) in [5.74, 6) is 1.28. The summed E-state index contributed by atoms with van der Waals surface area (Å²) in [5, 5.41) is 1.17. The number of hydrogen-bond acceptors (Lipinski definition) is 2. The van der Waals surface area contributed by atoms with Crippen LogP contribution in [0.1, 0.15) is 31.2 Å². The molecule has 0 amide bonds. The Morgan fingerprint density at radius 1 is 1.27 bits per heavy atom. The fourth-order valence-electron chi connectivity index (χ4n) is 1.72. The second kappa shape index (κ2) is 3.70. The zero-order chi connectivity index (χ0) is 11.0. The van der Waals surface area contributed by atoms with Crippen molar-refractivity contribution in [3.05, 3.63) is 35.6 Å². The Morgan fingerprint density at radius 2 is 2.00 bits per heavy atom. The summed E-state index contributed by atoms with van der Waals surface area (Å²) < 4.78 is 5.75. The van der Waals surface area contributed by atoms with Gasteiger partial charge in [-0.25, -0.2) is 0 Å². The van der Waals surface area contributed by atoms with E-state index in [1.54, 1.807) is 0 Å². The van der Waals surface area contributed by atoms with Crippen LogP contribution >= 0.6 is 0 Å². The molecule has 0 aliphatic heterocycles. The maximum Gasteiger partial charge on any atom is 0.134 e. The van der Waals surface area contributed by atoms with Gasteiger partial charge in [0.05, 0.1) is 6.04 Å². The highest BCUT2D eigenvalue weighted by Crippen LogP contribution is 2.28. The number of rotatable bonds is 2. The predicted octanol–water partition coefficient (Wildman–Crippen LogP) is 3.40. The Bertz CT molecular complexity index is 470. The Morgan fingerprint density at radius 3 is 2.60 bits per heavy atom. The molecule has 1 atom stereocenters. The molecule has 2 heteroatoms. The molecule has 0 fully saturated rings. The Hall–Kier alpha value is -1.28. The molecule has 2 N–H and O–H groups in total. The van der Waals surface area contributed by atoms with E-state index in [2.05, 4.69) is 32.9 Å². The van der Waals surface area contributed by atoms with Gasteiger partial charge in [-0.05, 0) is 30.5 Å². The van der Waals surface area contributed by atoms with E-state index < -0.39 is 0 Å². The highest BCUT2D eigenvalue weighted by molar-refractivity contribution is 5.81. The lowest BCUT2D eigenvalue weighted by Crippen LogP contribution is -2.15. The van der Waals surface area contributed by atoms with Crippen LogP contribution in [-0.4, -0.2) is 0 Å². The number of benzene rings is 1. The van der Waals surface area contributed by atoms with E-state index in [0.29, 0.717) is 5.92 Å². The number of fused-ring (bicyclic) bond motifs is 1. The van der Waals surface area contributed by atoms with Crippen molar-refractivity contribution >= 4 is 11.0 Å². The van der Waals surface area contributed by atoms with E-state index >= 15 is 0 Å². The maximum atomic E-state index is 6.06. The fourth-order valence-corrected chi connectivity index (χ4v) is 1.72. The first-order valence-electron chi connectivity index (χ1n) is 5.34. The quantitative estimate of drug-likeness (QED) is 0.812. The van der Waals surface area contributed by atoms with Crippen molar-refractivity contribution in [2.24, 2.45) is 11.7 Å². The molecule has 2 rings (SSSR count). The van der Waals surface area contributed by atoms with Crippen molar-refractivity contribution in [1.82, 2.24) is 0 Å². The molecule has 1 aromatic carbocycles. The molecule has 0 saturated carbocycles. The van der Waals surface area contributed by atoms with Gasteiger partial charge in [-0.3, -0.25) is 0 Å². The molecule has 2 aromatic rings. The van der Waals surface area contributed by atoms with Crippen LogP contribution in [0.2, 0.25) is 0 Å². The smallest absolute Gasteiger partial charge is 0.134 e. The largest absolute Gasteiger partial charge is 0.459 e. The summed E-state index contributed by atoms with van der Waals surface area (Å²) in [6.45, 7) is 6.29. The van der Waals surface area contributed by atoms with Crippen molar-refractivity contribution < 1.29 is 4.42 Å². The monoisotopic (exact) mass is 203 g/mol. The molecular weight excluding hydrogens is 186 g/mol. The minimum atomic E-state index is -0.0169. The van der Waals surface area contributed by atoms with Crippen molar-refractivity contribution in [2.45, 2.75) is 26.8 Å². The molecule has 0 aliphatic rings. The van der Waals surface area contributed by atoms with Crippen LogP contribution in [-0.2, 0) is 0 Å². The number of nitrogens with two attached hydrogens (primary N) is 1. The van der Waals surface area contributed by atoms with Crippen LogP contribution in [0.4, 0.5) is 0 Å². The minimum Gasteiger partial charge on any atom is -0.459 e. The average molecular weight is 203 g/mol. The summed E-state index contributed by atoms with van der Waals surface area (Å²) in [6.07, 6.45) is 0. The van der Waals surface area contributed by atoms with E-state index in [0.717, 1.165) is 11.3 Å². The number of hydrogen-bond donors (Lipinski definition) is 1. The lowest BCUT2D eigenvalue weighted by Gasteiger charge is -2.11. The van der Waals surface area contributed by atoms with Crippen molar-refractivity contribution in [3.8, 4) is 0 Å².